The minimum Gasteiger partial charge on any atom is -0.437 e. The van der Waals surface area contributed by atoms with Crippen LogP contribution in [0.15, 0.2) is 89.5 Å². The van der Waals surface area contributed by atoms with Gasteiger partial charge in [0.05, 0.1) is 17.2 Å². The Morgan fingerprint density at radius 2 is 1.61 bits per heavy atom. The van der Waals surface area contributed by atoms with E-state index in [1.54, 1.807) is 42.6 Å². The molecule has 0 fully saturated rings. The SMILES string of the molecule is O=C(/C=C/c1ccccc1Br)c1ccc(Oc2cnc3ccccc3n2)cc1. The molecule has 0 amide bonds. The molecule has 4 rings (SSSR count). The van der Waals surface area contributed by atoms with Crippen LogP contribution < -0.4 is 4.74 Å². The number of ether oxygens (including phenoxy) is 1. The van der Waals surface area contributed by atoms with Crippen molar-refractivity contribution in [3.8, 4) is 11.6 Å². The van der Waals surface area contributed by atoms with Gasteiger partial charge in [0.1, 0.15) is 5.75 Å². The first-order chi connectivity index (χ1) is 13.7. The summed E-state index contributed by atoms with van der Waals surface area (Å²) in [6.45, 7) is 0. The molecule has 0 N–H and O–H groups in total. The fourth-order valence-electron chi connectivity index (χ4n) is 2.67. The van der Waals surface area contributed by atoms with Gasteiger partial charge < -0.3 is 4.74 Å². The molecule has 28 heavy (non-hydrogen) atoms. The van der Waals surface area contributed by atoms with E-state index < -0.39 is 0 Å². The molecule has 0 spiro atoms. The number of carbonyl (C=O) groups is 1. The fourth-order valence-corrected chi connectivity index (χ4v) is 3.09. The average molecular weight is 431 g/mol. The summed E-state index contributed by atoms with van der Waals surface area (Å²) in [7, 11) is 0. The topological polar surface area (TPSA) is 52.1 Å². The summed E-state index contributed by atoms with van der Waals surface area (Å²) >= 11 is 3.47. The van der Waals surface area contributed by atoms with Crippen LogP contribution in [0.2, 0.25) is 0 Å². The van der Waals surface area contributed by atoms with Crippen molar-refractivity contribution in [1.82, 2.24) is 9.97 Å². The van der Waals surface area contributed by atoms with Gasteiger partial charge in [0.2, 0.25) is 5.88 Å². The third kappa shape index (κ3) is 4.15. The zero-order valence-corrected chi connectivity index (χ0v) is 16.3. The van der Waals surface area contributed by atoms with Crippen molar-refractivity contribution in [1.29, 1.82) is 0 Å². The molecule has 0 atom stereocenters. The highest BCUT2D eigenvalue weighted by atomic mass is 79.9. The van der Waals surface area contributed by atoms with E-state index >= 15 is 0 Å². The van der Waals surface area contributed by atoms with Gasteiger partial charge in [-0.25, -0.2) is 9.97 Å². The molecule has 0 saturated carbocycles. The lowest BCUT2D eigenvalue weighted by atomic mass is 10.1. The van der Waals surface area contributed by atoms with E-state index in [2.05, 4.69) is 25.9 Å². The molecule has 3 aromatic carbocycles. The monoisotopic (exact) mass is 430 g/mol. The molecule has 5 heteroatoms. The van der Waals surface area contributed by atoms with E-state index in [0.29, 0.717) is 17.2 Å². The molecular weight excluding hydrogens is 416 g/mol. The number of nitrogens with zero attached hydrogens (tertiary/aromatic N) is 2. The smallest absolute Gasteiger partial charge is 0.238 e. The van der Waals surface area contributed by atoms with Crippen LogP contribution in [0.25, 0.3) is 17.1 Å². The number of rotatable bonds is 5. The molecule has 4 nitrogen and oxygen atoms in total. The van der Waals surface area contributed by atoms with Crippen molar-refractivity contribution >= 4 is 38.8 Å². The van der Waals surface area contributed by atoms with Gasteiger partial charge in [-0.3, -0.25) is 4.79 Å². The number of benzene rings is 3. The Balaban J connectivity index is 1.47. The number of allylic oxidation sites excluding steroid dienone is 1. The molecule has 0 radical (unpaired) electrons. The van der Waals surface area contributed by atoms with Crippen molar-refractivity contribution < 1.29 is 9.53 Å². The molecule has 0 unspecified atom stereocenters. The van der Waals surface area contributed by atoms with Gasteiger partial charge in [0.15, 0.2) is 5.78 Å². The predicted molar refractivity (Wildman–Crippen MR) is 114 cm³/mol. The zero-order valence-electron chi connectivity index (χ0n) is 14.7. The summed E-state index contributed by atoms with van der Waals surface area (Å²) in [5.41, 5.74) is 3.11. The van der Waals surface area contributed by atoms with Crippen LogP contribution in [-0.2, 0) is 0 Å². The quantitative estimate of drug-likeness (QED) is 0.284. The lowest BCUT2D eigenvalue weighted by Gasteiger charge is -2.06. The molecular formula is C23H15BrN2O2. The fraction of sp³-hybridized carbons (Fsp3) is 0. The summed E-state index contributed by atoms with van der Waals surface area (Å²) < 4.78 is 6.70. The maximum Gasteiger partial charge on any atom is 0.238 e. The van der Waals surface area contributed by atoms with Crippen molar-refractivity contribution in [3.63, 3.8) is 0 Å². The van der Waals surface area contributed by atoms with E-state index in [0.717, 1.165) is 21.1 Å². The second-order valence-electron chi connectivity index (χ2n) is 6.04. The zero-order chi connectivity index (χ0) is 19.3. The van der Waals surface area contributed by atoms with E-state index in [9.17, 15) is 4.79 Å². The Hall–Kier alpha value is -3.31. The molecule has 4 aromatic rings. The number of hydrogen-bond donors (Lipinski definition) is 0. The third-order valence-electron chi connectivity index (χ3n) is 4.11. The highest BCUT2D eigenvalue weighted by Gasteiger charge is 2.05. The number of para-hydroxylation sites is 2. The lowest BCUT2D eigenvalue weighted by Crippen LogP contribution is -1.95. The first-order valence-electron chi connectivity index (χ1n) is 8.66. The Kier molecular flexibility index (Phi) is 5.26. The van der Waals surface area contributed by atoms with Gasteiger partial charge >= 0.3 is 0 Å². The maximum atomic E-state index is 12.4. The van der Waals surface area contributed by atoms with Crippen molar-refractivity contribution in [2.45, 2.75) is 0 Å². The Morgan fingerprint density at radius 1 is 0.893 bits per heavy atom. The molecule has 0 saturated heterocycles. The highest BCUT2D eigenvalue weighted by Crippen LogP contribution is 2.22. The number of ketones is 1. The van der Waals surface area contributed by atoms with Gasteiger partial charge in [-0.2, -0.15) is 0 Å². The lowest BCUT2D eigenvalue weighted by molar-refractivity contribution is 0.104. The van der Waals surface area contributed by atoms with Gasteiger partial charge in [-0.15, -0.1) is 0 Å². The first-order valence-corrected chi connectivity index (χ1v) is 9.45. The molecule has 0 aliphatic rings. The second kappa shape index (κ2) is 8.15. The number of aromatic nitrogens is 2. The molecule has 1 aromatic heterocycles. The highest BCUT2D eigenvalue weighted by molar-refractivity contribution is 9.10. The number of fused-ring (bicyclic) bond motifs is 1. The molecule has 1 heterocycles. The van der Waals surface area contributed by atoms with E-state index in [1.807, 2.05) is 48.5 Å². The van der Waals surface area contributed by atoms with Crippen LogP contribution in [0, 0.1) is 0 Å². The predicted octanol–water partition coefficient (Wildman–Crippen LogP) is 6.08. The number of carbonyl (C=O) groups excluding carboxylic acids is 1. The van der Waals surface area contributed by atoms with E-state index in [-0.39, 0.29) is 5.78 Å². The summed E-state index contributed by atoms with van der Waals surface area (Å²) in [5.74, 6) is 0.926. The van der Waals surface area contributed by atoms with Gasteiger partial charge in [0.25, 0.3) is 0 Å². The van der Waals surface area contributed by atoms with Crippen molar-refractivity contribution in [2.75, 3.05) is 0 Å². The van der Waals surface area contributed by atoms with Crippen LogP contribution >= 0.6 is 15.9 Å². The van der Waals surface area contributed by atoms with Crippen molar-refractivity contribution in [2.24, 2.45) is 0 Å². The molecule has 0 bridgehead atoms. The summed E-state index contributed by atoms with van der Waals surface area (Å²) in [4.78, 5) is 21.1. The Labute approximate surface area is 170 Å². The van der Waals surface area contributed by atoms with Gasteiger partial charge in [-0.1, -0.05) is 46.3 Å². The summed E-state index contributed by atoms with van der Waals surface area (Å²) in [6, 6.07) is 22.3. The van der Waals surface area contributed by atoms with E-state index in [4.69, 9.17) is 4.74 Å². The van der Waals surface area contributed by atoms with Crippen LogP contribution in [0.3, 0.4) is 0 Å². The minimum absolute atomic E-state index is 0.0761. The van der Waals surface area contributed by atoms with Gasteiger partial charge in [0, 0.05) is 10.0 Å². The minimum atomic E-state index is -0.0761. The van der Waals surface area contributed by atoms with Crippen LogP contribution in [0.5, 0.6) is 11.6 Å². The third-order valence-corrected chi connectivity index (χ3v) is 4.83. The average Bonchev–Trinajstić information content (AvgIpc) is 2.73. The number of hydrogen-bond acceptors (Lipinski definition) is 4. The van der Waals surface area contributed by atoms with E-state index in [1.165, 1.54) is 0 Å². The summed E-state index contributed by atoms with van der Waals surface area (Å²) in [6.07, 6.45) is 4.94. The normalized spacial score (nSPS) is 11.0. The van der Waals surface area contributed by atoms with Crippen molar-refractivity contribution in [3.05, 3.63) is 101 Å². The molecule has 0 aliphatic carbocycles. The van der Waals surface area contributed by atoms with Crippen LogP contribution in [0.1, 0.15) is 15.9 Å². The second-order valence-corrected chi connectivity index (χ2v) is 6.90. The number of halogens is 1. The first kappa shape index (κ1) is 18.1. The van der Waals surface area contributed by atoms with Crippen LogP contribution in [0.4, 0.5) is 0 Å². The summed E-state index contributed by atoms with van der Waals surface area (Å²) in [5, 5.41) is 0. The standard InChI is InChI=1S/C23H15BrN2O2/c24-19-6-2-1-5-16(19)11-14-22(27)17-9-12-18(13-10-17)28-23-15-25-20-7-3-4-8-21(20)26-23/h1-15H/b14-11+. The Bertz CT molecular complexity index is 1170. The largest absolute Gasteiger partial charge is 0.437 e. The maximum absolute atomic E-state index is 12.4. The Morgan fingerprint density at radius 3 is 2.39 bits per heavy atom. The molecule has 0 aliphatic heterocycles. The molecule has 136 valence electrons. The van der Waals surface area contributed by atoms with Gasteiger partial charge in [-0.05, 0) is 60.2 Å². The van der Waals surface area contributed by atoms with Crippen LogP contribution in [-0.4, -0.2) is 15.8 Å².